The van der Waals surface area contributed by atoms with Crippen molar-refractivity contribution >= 4 is 17.2 Å². The van der Waals surface area contributed by atoms with Gasteiger partial charge in [0.15, 0.2) is 0 Å². The number of benzene rings is 1. The van der Waals surface area contributed by atoms with Gasteiger partial charge in [-0.1, -0.05) is 13.0 Å². The SMILES string of the molecule is CCN1CCN([C@H](c2cccs2)[C@@H](C)NC(=O)c2ccc(F)cc2)CC1. The molecule has 2 aromatic rings. The molecule has 1 saturated heterocycles. The summed E-state index contributed by atoms with van der Waals surface area (Å²) in [7, 11) is 0. The van der Waals surface area contributed by atoms with Crippen LogP contribution < -0.4 is 5.32 Å². The Morgan fingerprint density at radius 2 is 1.88 bits per heavy atom. The topological polar surface area (TPSA) is 35.6 Å². The van der Waals surface area contributed by atoms with E-state index in [9.17, 15) is 9.18 Å². The average molecular weight is 376 g/mol. The van der Waals surface area contributed by atoms with Gasteiger partial charge in [-0.2, -0.15) is 0 Å². The first-order valence-electron chi connectivity index (χ1n) is 9.14. The number of nitrogens with zero attached hydrogens (tertiary/aromatic N) is 2. The molecule has 0 bridgehead atoms. The first-order chi connectivity index (χ1) is 12.6. The monoisotopic (exact) mass is 375 g/mol. The quantitative estimate of drug-likeness (QED) is 0.841. The summed E-state index contributed by atoms with van der Waals surface area (Å²) < 4.78 is 13.1. The molecule has 26 heavy (non-hydrogen) atoms. The van der Waals surface area contributed by atoms with Crippen molar-refractivity contribution in [2.75, 3.05) is 32.7 Å². The van der Waals surface area contributed by atoms with Gasteiger partial charge < -0.3 is 10.2 Å². The summed E-state index contributed by atoms with van der Waals surface area (Å²) in [5.41, 5.74) is 0.485. The minimum Gasteiger partial charge on any atom is -0.348 e. The molecular formula is C20H26FN3OS. The molecule has 2 atom stereocenters. The minimum absolute atomic E-state index is 0.0422. The zero-order valence-electron chi connectivity index (χ0n) is 15.3. The van der Waals surface area contributed by atoms with E-state index in [0.29, 0.717) is 5.56 Å². The highest BCUT2D eigenvalue weighted by atomic mass is 32.1. The van der Waals surface area contributed by atoms with E-state index in [0.717, 1.165) is 32.7 Å². The van der Waals surface area contributed by atoms with Crippen molar-refractivity contribution in [1.29, 1.82) is 0 Å². The Bertz CT molecular complexity index is 696. The summed E-state index contributed by atoms with van der Waals surface area (Å²) in [5, 5.41) is 5.20. The molecule has 1 N–H and O–H groups in total. The van der Waals surface area contributed by atoms with E-state index < -0.39 is 0 Å². The molecule has 0 unspecified atom stereocenters. The highest BCUT2D eigenvalue weighted by Gasteiger charge is 2.30. The van der Waals surface area contributed by atoms with Crippen LogP contribution in [0.15, 0.2) is 41.8 Å². The van der Waals surface area contributed by atoms with Crippen LogP contribution in [-0.2, 0) is 0 Å². The van der Waals surface area contributed by atoms with Crippen molar-refractivity contribution in [3.05, 3.63) is 58.0 Å². The number of piperazine rings is 1. The van der Waals surface area contributed by atoms with Crippen molar-refractivity contribution in [2.24, 2.45) is 0 Å². The molecule has 0 aliphatic carbocycles. The molecule has 140 valence electrons. The number of nitrogens with one attached hydrogen (secondary N) is 1. The fraction of sp³-hybridized carbons (Fsp3) is 0.450. The second-order valence-corrected chi connectivity index (χ2v) is 7.68. The fourth-order valence-electron chi connectivity index (χ4n) is 3.53. The molecule has 1 aliphatic heterocycles. The summed E-state index contributed by atoms with van der Waals surface area (Å²) in [6.07, 6.45) is 0. The third-order valence-corrected chi connectivity index (χ3v) is 5.96. The number of carbonyl (C=O) groups is 1. The van der Waals surface area contributed by atoms with Crippen LogP contribution in [0.4, 0.5) is 4.39 Å². The first kappa shape index (κ1) is 19.0. The van der Waals surface area contributed by atoms with Gasteiger partial charge in [-0.05, 0) is 49.2 Å². The lowest BCUT2D eigenvalue weighted by Gasteiger charge is -2.41. The number of amides is 1. The number of thiophene rings is 1. The van der Waals surface area contributed by atoms with E-state index in [1.54, 1.807) is 11.3 Å². The Morgan fingerprint density at radius 3 is 2.46 bits per heavy atom. The Morgan fingerprint density at radius 1 is 1.19 bits per heavy atom. The van der Waals surface area contributed by atoms with Gasteiger partial charge in [-0.3, -0.25) is 9.69 Å². The molecule has 1 aromatic carbocycles. The van der Waals surface area contributed by atoms with Crippen LogP contribution in [-0.4, -0.2) is 54.5 Å². The molecule has 0 radical (unpaired) electrons. The third kappa shape index (κ3) is 4.50. The van der Waals surface area contributed by atoms with Crippen molar-refractivity contribution in [2.45, 2.75) is 25.9 Å². The van der Waals surface area contributed by atoms with Gasteiger partial charge >= 0.3 is 0 Å². The number of hydrogen-bond acceptors (Lipinski definition) is 4. The standard InChI is InChI=1S/C20H26FN3OS/c1-3-23-10-12-24(13-11-23)19(18-5-4-14-26-18)15(2)22-20(25)16-6-8-17(21)9-7-16/h4-9,14-15,19H,3,10-13H2,1-2H3,(H,22,25)/t15-,19+/m1/s1. The molecule has 4 nitrogen and oxygen atoms in total. The Hall–Kier alpha value is -1.76. The van der Waals surface area contributed by atoms with Crippen LogP contribution in [0.2, 0.25) is 0 Å². The van der Waals surface area contributed by atoms with Crippen LogP contribution >= 0.6 is 11.3 Å². The average Bonchev–Trinajstić information content (AvgIpc) is 3.17. The van der Waals surface area contributed by atoms with E-state index >= 15 is 0 Å². The highest BCUT2D eigenvalue weighted by molar-refractivity contribution is 7.10. The predicted octanol–water partition coefficient (Wildman–Crippen LogP) is 3.38. The zero-order chi connectivity index (χ0) is 18.5. The highest BCUT2D eigenvalue weighted by Crippen LogP contribution is 2.29. The summed E-state index contributed by atoms with van der Waals surface area (Å²) in [6, 6.07) is 10.00. The van der Waals surface area contributed by atoms with E-state index in [1.807, 2.05) is 0 Å². The number of halogens is 1. The smallest absolute Gasteiger partial charge is 0.251 e. The van der Waals surface area contributed by atoms with Crippen molar-refractivity contribution in [1.82, 2.24) is 15.1 Å². The second-order valence-electron chi connectivity index (χ2n) is 6.70. The van der Waals surface area contributed by atoms with E-state index in [-0.39, 0.29) is 23.8 Å². The van der Waals surface area contributed by atoms with Gasteiger partial charge in [0.25, 0.3) is 5.91 Å². The Kier molecular flexibility index (Phi) is 6.40. The lowest BCUT2D eigenvalue weighted by molar-refractivity contribution is 0.0753. The first-order valence-corrected chi connectivity index (χ1v) is 10.0. The third-order valence-electron chi connectivity index (χ3n) is 5.02. The van der Waals surface area contributed by atoms with Crippen LogP contribution in [0.3, 0.4) is 0 Å². The van der Waals surface area contributed by atoms with Crippen LogP contribution in [0.5, 0.6) is 0 Å². The normalized spacial score (nSPS) is 18.4. The van der Waals surface area contributed by atoms with Gasteiger partial charge in [-0.25, -0.2) is 4.39 Å². The van der Waals surface area contributed by atoms with E-state index in [1.165, 1.54) is 29.1 Å². The van der Waals surface area contributed by atoms with Crippen molar-refractivity contribution in [3.63, 3.8) is 0 Å². The molecule has 1 amide bonds. The molecule has 1 aromatic heterocycles. The van der Waals surface area contributed by atoms with Crippen LogP contribution in [0.1, 0.15) is 35.1 Å². The molecule has 1 fully saturated rings. The Balaban J connectivity index is 1.72. The second kappa shape index (κ2) is 8.75. The summed E-state index contributed by atoms with van der Waals surface area (Å²) >= 11 is 1.73. The number of hydrogen-bond donors (Lipinski definition) is 1. The lowest BCUT2D eigenvalue weighted by Crippen LogP contribution is -2.52. The van der Waals surface area contributed by atoms with Crippen LogP contribution in [0.25, 0.3) is 0 Å². The largest absolute Gasteiger partial charge is 0.348 e. The summed E-state index contributed by atoms with van der Waals surface area (Å²) in [5.74, 6) is -0.494. The van der Waals surface area contributed by atoms with E-state index in [4.69, 9.17) is 0 Å². The maximum absolute atomic E-state index is 13.1. The van der Waals surface area contributed by atoms with Crippen LogP contribution in [0, 0.1) is 5.82 Å². The van der Waals surface area contributed by atoms with Gasteiger partial charge in [-0.15, -0.1) is 11.3 Å². The van der Waals surface area contributed by atoms with Gasteiger partial charge in [0.1, 0.15) is 5.82 Å². The molecular weight excluding hydrogens is 349 g/mol. The molecule has 6 heteroatoms. The molecule has 0 spiro atoms. The predicted molar refractivity (Wildman–Crippen MR) is 104 cm³/mol. The fourth-order valence-corrected chi connectivity index (χ4v) is 4.49. The van der Waals surface area contributed by atoms with Gasteiger partial charge in [0, 0.05) is 42.7 Å². The minimum atomic E-state index is -0.333. The van der Waals surface area contributed by atoms with Gasteiger partial charge in [0.05, 0.1) is 6.04 Å². The number of rotatable bonds is 6. The molecule has 2 heterocycles. The summed E-state index contributed by atoms with van der Waals surface area (Å²) in [4.78, 5) is 18.7. The lowest BCUT2D eigenvalue weighted by atomic mass is 10.0. The maximum Gasteiger partial charge on any atom is 0.251 e. The maximum atomic E-state index is 13.1. The molecule has 0 saturated carbocycles. The number of carbonyl (C=O) groups excluding carboxylic acids is 1. The van der Waals surface area contributed by atoms with Crippen molar-refractivity contribution in [3.8, 4) is 0 Å². The van der Waals surface area contributed by atoms with E-state index in [2.05, 4.69) is 46.5 Å². The molecule has 1 aliphatic rings. The van der Waals surface area contributed by atoms with Crippen molar-refractivity contribution < 1.29 is 9.18 Å². The zero-order valence-corrected chi connectivity index (χ0v) is 16.1. The Labute approximate surface area is 158 Å². The molecule has 3 rings (SSSR count). The number of likely N-dealkylation sites (N-methyl/N-ethyl adjacent to an activating group) is 1. The summed E-state index contributed by atoms with van der Waals surface area (Å²) in [6.45, 7) is 9.42. The van der Waals surface area contributed by atoms with Gasteiger partial charge in [0.2, 0.25) is 0 Å².